The summed E-state index contributed by atoms with van der Waals surface area (Å²) in [6.07, 6.45) is -20.8. The van der Waals surface area contributed by atoms with E-state index in [1.807, 2.05) is 0 Å². The van der Waals surface area contributed by atoms with E-state index in [1.54, 1.807) is 0 Å². The summed E-state index contributed by atoms with van der Waals surface area (Å²) in [6, 6.07) is 0. The van der Waals surface area contributed by atoms with Gasteiger partial charge in [0, 0.05) is 18.4 Å². The fraction of sp³-hybridized carbons (Fsp3) is 1.00. The Kier molecular flexibility index (Phi) is 10.1. The zero-order valence-electron chi connectivity index (χ0n) is 17.1. The standard InChI is InChI=1S/C18H34O14/c19-1-5(17-15(29)13(27)11(25)7(3-21)31-17)9(10(24)6(23)2-20)18-16(30)14(28)12(26)8(4-22)32-18/h5-30H,1-4H2/t5-,6+,7+,8+,9-,10+,11-,12-,13-,14-,15+,16+,17-,18-/m0/s1. The maximum Gasteiger partial charge on any atom is 0.111 e. The quantitative estimate of drug-likeness (QED) is 0.148. The van der Waals surface area contributed by atoms with Gasteiger partial charge in [0.05, 0.1) is 38.1 Å². The average molecular weight is 474 g/mol. The van der Waals surface area contributed by atoms with E-state index in [0.29, 0.717) is 0 Å². The molecule has 0 aromatic heterocycles. The van der Waals surface area contributed by atoms with E-state index in [1.165, 1.54) is 0 Å². The maximum absolute atomic E-state index is 10.7. The molecule has 0 spiro atoms. The molecule has 0 aromatic carbocycles. The summed E-state index contributed by atoms with van der Waals surface area (Å²) in [5, 5.41) is 120. The second-order valence-corrected chi connectivity index (χ2v) is 8.25. The summed E-state index contributed by atoms with van der Waals surface area (Å²) in [4.78, 5) is 0. The Morgan fingerprint density at radius 3 is 1.41 bits per heavy atom. The fourth-order valence-corrected chi connectivity index (χ4v) is 4.43. The molecule has 0 aliphatic carbocycles. The molecule has 14 heteroatoms. The first-order chi connectivity index (χ1) is 15.0. The van der Waals surface area contributed by atoms with Gasteiger partial charge in [0.15, 0.2) is 0 Å². The van der Waals surface area contributed by atoms with Crippen LogP contribution >= 0.6 is 0 Å². The van der Waals surface area contributed by atoms with Gasteiger partial charge < -0.3 is 70.8 Å². The summed E-state index contributed by atoms with van der Waals surface area (Å²) in [5.41, 5.74) is 0. The van der Waals surface area contributed by atoms with Crippen molar-refractivity contribution in [1.82, 2.24) is 0 Å². The molecule has 0 amide bonds. The Morgan fingerprint density at radius 1 is 0.562 bits per heavy atom. The number of hydrogen-bond acceptors (Lipinski definition) is 14. The molecule has 2 aliphatic rings. The molecule has 2 saturated heterocycles. The normalized spacial score (nSPS) is 44.6. The molecule has 14 nitrogen and oxygen atoms in total. The van der Waals surface area contributed by atoms with Crippen molar-refractivity contribution in [2.45, 2.75) is 73.2 Å². The highest BCUT2D eigenvalue weighted by Crippen LogP contribution is 2.38. The van der Waals surface area contributed by atoms with Crippen molar-refractivity contribution in [2.24, 2.45) is 11.8 Å². The van der Waals surface area contributed by atoms with Crippen molar-refractivity contribution >= 4 is 0 Å². The van der Waals surface area contributed by atoms with Gasteiger partial charge in [-0.3, -0.25) is 0 Å². The Bertz CT molecular complexity index is 564. The summed E-state index contributed by atoms with van der Waals surface area (Å²) in [6.45, 7) is -3.48. The Morgan fingerprint density at radius 2 is 1.00 bits per heavy atom. The van der Waals surface area contributed by atoms with Gasteiger partial charge in [0.25, 0.3) is 0 Å². The molecule has 2 fully saturated rings. The van der Waals surface area contributed by atoms with Gasteiger partial charge >= 0.3 is 0 Å². The summed E-state index contributed by atoms with van der Waals surface area (Å²) in [7, 11) is 0. The van der Waals surface area contributed by atoms with Crippen molar-refractivity contribution < 1.29 is 70.8 Å². The van der Waals surface area contributed by atoms with Crippen molar-refractivity contribution in [1.29, 1.82) is 0 Å². The van der Waals surface area contributed by atoms with Crippen LogP contribution in [-0.4, -0.2) is 161 Å². The molecule has 0 bridgehead atoms. The summed E-state index contributed by atoms with van der Waals surface area (Å²) in [5.74, 6) is -3.09. The zero-order valence-corrected chi connectivity index (χ0v) is 17.1. The van der Waals surface area contributed by atoms with Crippen molar-refractivity contribution in [3.05, 3.63) is 0 Å². The van der Waals surface area contributed by atoms with E-state index in [9.17, 15) is 61.3 Å². The second-order valence-electron chi connectivity index (χ2n) is 8.25. The number of aliphatic hydroxyl groups is 12. The van der Waals surface area contributed by atoms with Crippen LogP contribution in [0, 0.1) is 11.8 Å². The average Bonchev–Trinajstić information content (AvgIpc) is 2.80. The lowest BCUT2D eigenvalue weighted by molar-refractivity contribution is -0.282. The smallest absolute Gasteiger partial charge is 0.111 e. The van der Waals surface area contributed by atoms with Gasteiger partial charge in [-0.25, -0.2) is 0 Å². The molecule has 190 valence electrons. The second kappa shape index (κ2) is 11.7. The van der Waals surface area contributed by atoms with Gasteiger partial charge in [-0.05, 0) is 0 Å². The van der Waals surface area contributed by atoms with Gasteiger partial charge in [-0.1, -0.05) is 0 Å². The third-order valence-electron chi connectivity index (χ3n) is 6.34. The molecule has 14 atom stereocenters. The number of ether oxygens (including phenoxy) is 2. The highest BCUT2D eigenvalue weighted by Gasteiger charge is 2.55. The Hall–Kier alpha value is -0.560. The van der Waals surface area contributed by atoms with E-state index in [4.69, 9.17) is 9.47 Å². The van der Waals surface area contributed by atoms with E-state index in [-0.39, 0.29) is 0 Å². The third kappa shape index (κ3) is 5.24. The van der Waals surface area contributed by atoms with E-state index < -0.39 is 112 Å². The zero-order chi connectivity index (χ0) is 24.3. The number of hydrogen-bond donors (Lipinski definition) is 12. The molecule has 2 heterocycles. The van der Waals surface area contributed by atoms with Gasteiger partial charge in [-0.15, -0.1) is 0 Å². The van der Waals surface area contributed by atoms with Crippen molar-refractivity contribution in [2.75, 3.05) is 26.4 Å². The minimum absolute atomic E-state index is 0.786. The van der Waals surface area contributed by atoms with Crippen LogP contribution in [0.3, 0.4) is 0 Å². The summed E-state index contributed by atoms with van der Waals surface area (Å²) < 4.78 is 10.9. The van der Waals surface area contributed by atoms with Crippen LogP contribution in [-0.2, 0) is 9.47 Å². The van der Waals surface area contributed by atoms with Crippen LogP contribution < -0.4 is 0 Å². The molecule has 32 heavy (non-hydrogen) atoms. The first kappa shape index (κ1) is 27.7. The summed E-state index contributed by atoms with van der Waals surface area (Å²) >= 11 is 0. The lowest BCUT2D eigenvalue weighted by atomic mass is 9.72. The molecule has 2 aliphatic heterocycles. The van der Waals surface area contributed by atoms with Crippen LogP contribution in [0.5, 0.6) is 0 Å². The lowest BCUT2D eigenvalue weighted by Crippen LogP contribution is -2.67. The monoisotopic (exact) mass is 474 g/mol. The van der Waals surface area contributed by atoms with E-state index in [2.05, 4.69) is 0 Å². The largest absolute Gasteiger partial charge is 0.396 e. The molecule has 0 unspecified atom stereocenters. The van der Waals surface area contributed by atoms with Crippen LogP contribution in [0.4, 0.5) is 0 Å². The van der Waals surface area contributed by atoms with Crippen LogP contribution in [0.2, 0.25) is 0 Å². The maximum atomic E-state index is 10.7. The molecular weight excluding hydrogens is 440 g/mol. The van der Waals surface area contributed by atoms with E-state index in [0.717, 1.165) is 0 Å². The first-order valence-electron chi connectivity index (χ1n) is 10.2. The minimum Gasteiger partial charge on any atom is -0.396 e. The number of aliphatic hydroxyl groups excluding tert-OH is 12. The Labute approximate surface area is 183 Å². The molecule has 12 N–H and O–H groups in total. The predicted octanol–water partition coefficient (Wildman–Crippen LogP) is -7.39. The topological polar surface area (TPSA) is 261 Å². The lowest BCUT2D eigenvalue weighted by Gasteiger charge is -2.50. The SMILES string of the molecule is OC[C@H]([C@@H]1O[C@H](CO)[C@H](O)[C@H](O)[C@H]1O)[C@@H]([C@H](O)[C@H](O)CO)[C@@H]1O[C@H](CO)[C@H](O)[C@H](O)[C@H]1O. The van der Waals surface area contributed by atoms with Gasteiger partial charge in [0.2, 0.25) is 0 Å². The number of rotatable bonds is 9. The Balaban J connectivity index is 2.48. The minimum atomic E-state index is -1.97. The fourth-order valence-electron chi connectivity index (χ4n) is 4.43. The molecular formula is C18H34O14. The molecule has 0 saturated carbocycles. The van der Waals surface area contributed by atoms with Crippen molar-refractivity contribution in [3.8, 4) is 0 Å². The highest BCUT2D eigenvalue weighted by atomic mass is 16.6. The van der Waals surface area contributed by atoms with Crippen LogP contribution in [0.15, 0.2) is 0 Å². The molecule has 0 aromatic rings. The third-order valence-corrected chi connectivity index (χ3v) is 6.34. The predicted molar refractivity (Wildman–Crippen MR) is 101 cm³/mol. The van der Waals surface area contributed by atoms with Gasteiger partial charge in [-0.2, -0.15) is 0 Å². The van der Waals surface area contributed by atoms with Crippen LogP contribution in [0.25, 0.3) is 0 Å². The van der Waals surface area contributed by atoms with E-state index >= 15 is 0 Å². The molecule has 0 radical (unpaired) electrons. The highest BCUT2D eigenvalue weighted by molar-refractivity contribution is 5.03. The van der Waals surface area contributed by atoms with Crippen LogP contribution in [0.1, 0.15) is 0 Å². The van der Waals surface area contributed by atoms with Crippen molar-refractivity contribution in [3.63, 3.8) is 0 Å². The first-order valence-corrected chi connectivity index (χ1v) is 10.2. The molecule has 2 rings (SSSR count). The van der Waals surface area contributed by atoms with Gasteiger partial charge in [0.1, 0.15) is 54.9 Å².